The number of thiazole rings is 1. The molecule has 1 aliphatic heterocycles. The minimum Gasteiger partial charge on any atom is -0.345 e. The lowest BCUT2D eigenvalue weighted by atomic mass is 10.0. The standard InChI is InChI=1S/C17H31N3S/c1-7-12(2)15-14(11-18-17(4,5)6)21-16(19-15)20-10-8-9-13(20)3/h12-13,18H,7-11H2,1-6H3. The van der Waals surface area contributed by atoms with Gasteiger partial charge >= 0.3 is 0 Å². The van der Waals surface area contributed by atoms with Crippen LogP contribution in [0.4, 0.5) is 5.13 Å². The molecule has 0 bridgehead atoms. The number of hydrogen-bond acceptors (Lipinski definition) is 4. The summed E-state index contributed by atoms with van der Waals surface area (Å²) in [6.45, 7) is 15.6. The van der Waals surface area contributed by atoms with Crippen molar-refractivity contribution >= 4 is 16.5 Å². The maximum absolute atomic E-state index is 5.02. The highest BCUT2D eigenvalue weighted by Gasteiger charge is 2.26. The molecule has 2 rings (SSSR count). The van der Waals surface area contributed by atoms with Crippen molar-refractivity contribution < 1.29 is 0 Å². The summed E-state index contributed by atoms with van der Waals surface area (Å²) in [7, 11) is 0. The molecule has 1 aromatic rings. The summed E-state index contributed by atoms with van der Waals surface area (Å²) in [4.78, 5) is 8.94. The molecule has 2 unspecified atom stereocenters. The van der Waals surface area contributed by atoms with Crippen LogP contribution in [0, 0.1) is 0 Å². The van der Waals surface area contributed by atoms with Gasteiger partial charge in [-0.25, -0.2) is 4.98 Å². The molecule has 1 aliphatic rings. The number of rotatable bonds is 5. The molecule has 0 aliphatic carbocycles. The molecule has 1 saturated heterocycles. The van der Waals surface area contributed by atoms with Crippen molar-refractivity contribution in [1.29, 1.82) is 0 Å². The average Bonchev–Trinajstić information content (AvgIpc) is 3.00. The van der Waals surface area contributed by atoms with E-state index in [9.17, 15) is 0 Å². The molecule has 3 nitrogen and oxygen atoms in total. The summed E-state index contributed by atoms with van der Waals surface area (Å²) in [5, 5.41) is 4.86. The van der Waals surface area contributed by atoms with Gasteiger partial charge < -0.3 is 10.2 Å². The van der Waals surface area contributed by atoms with Crippen LogP contribution < -0.4 is 10.2 Å². The fraction of sp³-hybridized carbons (Fsp3) is 0.824. The topological polar surface area (TPSA) is 28.2 Å². The molecule has 0 saturated carbocycles. The van der Waals surface area contributed by atoms with Crippen molar-refractivity contribution in [3.05, 3.63) is 10.6 Å². The number of nitrogens with one attached hydrogen (secondary N) is 1. The molecule has 1 fully saturated rings. The maximum Gasteiger partial charge on any atom is 0.186 e. The van der Waals surface area contributed by atoms with Crippen LogP contribution in [0.25, 0.3) is 0 Å². The third kappa shape index (κ3) is 4.19. The molecule has 0 radical (unpaired) electrons. The van der Waals surface area contributed by atoms with Gasteiger partial charge in [-0.2, -0.15) is 0 Å². The van der Waals surface area contributed by atoms with Gasteiger partial charge in [0, 0.05) is 29.5 Å². The van der Waals surface area contributed by atoms with E-state index < -0.39 is 0 Å². The zero-order valence-electron chi connectivity index (χ0n) is 14.5. The van der Waals surface area contributed by atoms with Crippen molar-refractivity contribution in [2.45, 2.75) is 84.8 Å². The lowest BCUT2D eigenvalue weighted by Gasteiger charge is -2.21. The predicted octanol–water partition coefficient (Wildman–Crippen LogP) is 4.53. The number of hydrogen-bond donors (Lipinski definition) is 1. The summed E-state index contributed by atoms with van der Waals surface area (Å²) in [6, 6.07) is 0.643. The first-order valence-corrected chi connectivity index (χ1v) is 9.14. The third-order valence-corrected chi connectivity index (χ3v) is 5.48. The van der Waals surface area contributed by atoms with Gasteiger partial charge in [-0.15, -0.1) is 11.3 Å². The van der Waals surface area contributed by atoms with E-state index in [0.29, 0.717) is 12.0 Å². The molecular weight excluding hydrogens is 278 g/mol. The van der Waals surface area contributed by atoms with Crippen LogP contribution in [0.15, 0.2) is 0 Å². The van der Waals surface area contributed by atoms with Crippen LogP contribution in [-0.4, -0.2) is 23.1 Å². The Morgan fingerprint density at radius 2 is 2.14 bits per heavy atom. The van der Waals surface area contributed by atoms with Gasteiger partial charge in [-0.3, -0.25) is 0 Å². The maximum atomic E-state index is 5.02. The molecule has 0 aromatic carbocycles. The molecule has 2 heterocycles. The SMILES string of the molecule is CCC(C)c1nc(N2CCCC2C)sc1CNC(C)(C)C. The molecule has 0 spiro atoms. The lowest BCUT2D eigenvalue weighted by molar-refractivity contribution is 0.424. The zero-order chi connectivity index (χ0) is 15.6. The second kappa shape index (κ2) is 6.66. The summed E-state index contributed by atoms with van der Waals surface area (Å²) in [6.07, 6.45) is 3.75. The Kier molecular flexibility index (Phi) is 5.31. The van der Waals surface area contributed by atoms with E-state index in [1.165, 1.54) is 35.1 Å². The van der Waals surface area contributed by atoms with Gasteiger partial charge in [0.1, 0.15) is 0 Å². The van der Waals surface area contributed by atoms with E-state index in [0.717, 1.165) is 13.0 Å². The molecule has 21 heavy (non-hydrogen) atoms. The first-order chi connectivity index (χ1) is 9.81. The second-order valence-corrected chi connectivity index (χ2v) is 8.46. The molecule has 0 amide bonds. The second-order valence-electron chi connectivity index (χ2n) is 7.40. The quantitative estimate of drug-likeness (QED) is 0.866. The van der Waals surface area contributed by atoms with Gasteiger partial charge in [0.2, 0.25) is 0 Å². The van der Waals surface area contributed by atoms with Crippen LogP contribution in [-0.2, 0) is 6.54 Å². The van der Waals surface area contributed by atoms with Crippen LogP contribution in [0.3, 0.4) is 0 Å². The molecule has 1 N–H and O–H groups in total. The highest BCUT2D eigenvalue weighted by atomic mass is 32.1. The number of aromatic nitrogens is 1. The smallest absolute Gasteiger partial charge is 0.186 e. The molecule has 2 atom stereocenters. The summed E-state index contributed by atoms with van der Waals surface area (Å²) in [5.41, 5.74) is 1.46. The summed E-state index contributed by atoms with van der Waals surface area (Å²) in [5.74, 6) is 0.546. The van der Waals surface area contributed by atoms with Gasteiger partial charge in [0.15, 0.2) is 5.13 Å². The zero-order valence-corrected chi connectivity index (χ0v) is 15.3. The molecule has 4 heteroatoms. The van der Waals surface area contributed by atoms with E-state index in [1.54, 1.807) is 0 Å². The van der Waals surface area contributed by atoms with Crippen LogP contribution in [0.2, 0.25) is 0 Å². The fourth-order valence-corrected chi connectivity index (χ4v) is 3.99. The van der Waals surface area contributed by atoms with Crippen molar-refractivity contribution in [3.8, 4) is 0 Å². The highest BCUT2D eigenvalue weighted by molar-refractivity contribution is 7.15. The fourth-order valence-electron chi connectivity index (χ4n) is 2.74. The van der Waals surface area contributed by atoms with E-state index in [1.807, 2.05) is 11.3 Å². The van der Waals surface area contributed by atoms with Crippen molar-refractivity contribution in [1.82, 2.24) is 10.3 Å². The van der Waals surface area contributed by atoms with Crippen LogP contribution in [0.5, 0.6) is 0 Å². The number of anilines is 1. The van der Waals surface area contributed by atoms with E-state index in [4.69, 9.17) is 4.98 Å². The van der Waals surface area contributed by atoms with Gasteiger partial charge in [-0.05, 0) is 52.9 Å². The van der Waals surface area contributed by atoms with Crippen LogP contribution in [0.1, 0.15) is 77.3 Å². The minimum absolute atomic E-state index is 0.151. The predicted molar refractivity (Wildman–Crippen MR) is 93.5 cm³/mol. The first-order valence-electron chi connectivity index (χ1n) is 8.33. The highest BCUT2D eigenvalue weighted by Crippen LogP contribution is 2.35. The lowest BCUT2D eigenvalue weighted by Crippen LogP contribution is -2.35. The largest absolute Gasteiger partial charge is 0.345 e. The minimum atomic E-state index is 0.151. The van der Waals surface area contributed by atoms with Gasteiger partial charge in [0.25, 0.3) is 0 Å². The Morgan fingerprint density at radius 3 is 2.67 bits per heavy atom. The first kappa shape index (κ1) is 16.8. The van der Waals surface area contributed by atoms with Gasteiger partial charge in [0.05, 0.1) is 5.69 Å². The third-order valence-electron chi connectivity index (χ3n) is 4.37. The Labute approximate surface area is 134 Å². The Morgan fingerprint density at radius 1 is 1.43 bits per heavy atom. The summed E-state index contributed by atoms with van der Waals surface area (Å²) < 4.78 is 0. The van der Waals surface area contributed by atoms with Crippen molar-refractivity contribution in [2.24, 2.45) is 0 Å². The van der Waals surface area contributed by atoms with E-state index in [2.05, 4.69) is 51.8 Å². The van der Waals surface area contributed by atoms with Crippen molar-refractivity contribution in [3.63, 3.8) is 0 Å². The number of nitrogens with zero attached hydrogens (tertiary/aromatic N) is 2. The summed E-state index contributed by atoms with van der Waals surface area (Å²) >= 11 is 1.90. The normalized spacial score (nSPS) is 21.0. The Balaban J connectivity index is 2.22. The molecular formula is C17H31N3S. The molecule has 120 valence electrons. The Hall–Kier alpha value is -0.610. The van der Waals surface area contributed by atoms with Crippen LogP contribution >= 0.6 is 11.3 Å². The van der Waals surface area contributed by atoms with Crippen molar-refractivity contribution in [2.75, 3.05) is 11.4 Å². The Bertz CT molecular complexity index is 461. The van der Waals surface area contributed by atoms with E-state index in [-0.39, 0.29) is 5.54 Å². The van der Waals surface area contributed by atoms with Gasteiger partial charge in [-0.1, -0.05) is 13.8 Å². The average molecular weight is 310 g/mol. The monoisotopic (exact) mass is 309 g/mol. The van der Waals surface area contributed by atoms with E-state index >= 15 is 0 Å². The molecule has 1 aromatic heterocycles.